The van der Waals surface area contributed by atoms with E-state index in [1.54, 1.807) is 32.0 Å². The van der Waals surface area contributed by atoms with Crippen molar-refractivity contribution in [1.29, 1.82) is 0 Å². The highest BCUT2D eigenvalue weighted by Crippen LogP contribution is 2.23. The number of nitrogens with one attached hydrogen (secondary N) is 1. The number of nitrogens with zero attached hydrogens (tertiary/aromatic N) is 2. The fraction of sp³-hybridized carbons (Fsp3) is 0.174. The first-order valence-electron chi connectivity index (χ1n) is 9.61. The molecule has 0 unspecified atom stereocenters. The van der Waals surface area contributed by atoms with Crippen molar-refractivity contribution in [2.75, 3.05) is 0 Å². The van der Waals surface area contributed by atoms with Crippen molar-refractivity contribution in [3.8, 4) is 0 Å². The molecule has 2 aromatic carbocycles. The van der Waals surface area contributed by atoms with Crippen molar-refractivity contribution in [2.45, 2.75) is 26.9 Å². The highest BCUT2D eigenvalue weighted by atomic mass is 19.1. The fourth-order valence-corrected chi connectivity index (χ4v) is 3.61. The molecule has 0 saturated heterocycles. The maximum absolute atomic E-state index is 14.6. The molecular formula is C23H19F2N3O3. The maximum atomic E-state index is 14.6. The Hall–Kier alpha value is -3.81. The molecule has 0 fully saturated rings. The summed E-state index contributed by atoms with van der Waals surface area (Å²) in [5.41, 5.74) is 1.17. The number of pyridine rings is 1. The molecule has 0 spiro atoms. The summed E-state index contributed by atoms with van der Waals surface area (Å²) in [6, 6.07) is 11.7. The number of carbonyl (C=O) groups excluding carboxylic acids is 1. The number of amides is 1. The summed E-state index contributed by atoms with van der Waals surface area (Å²) in [6.45, 7) is 3.44. The molecule has 0 aliphatic rings. The number of fused-ring (bicyclic) bond motifs is 1. The standard InChI is InChI=1S/C23H19F2N3O3/c1-13-9-17(31-27-13)12-28-14(2)20(18-7-4-8-19(25)21(18)23(28)30)22(29)26-11-15-5-3-6-16(24)10-15/h3-10H,11-12H2,1-2H3,(H,26,29). The SMILES string of the molecule is Cc1cc(Cn2c(C)c(C(=O)NCc3cccc(F)c3)c3cccc(F)c3c2=O)on1. The van der Waals surface area contributed by atoms with E-state index < -0.39 is 23.1 Å². The molecule has 0 atom stereocenters. The molecule has 0 bridgehead atoms. The summed E-state index contributed by atoms with van der Waals surface area (Å²) in [7, 11) is 0. The molecule has 4 aromatic rings. The second kappa shape index (κ2) is 8.14. The van der Waals surface area contributed by atoms with Crippen molar-refractivity contribution in [2.24, 2.45) is 0 Å². The summed E-state index contributed by atoms with van der Waals surface area (Å²) in [5.74, 6) is -1.22. The van der Waals surface area contributed by atoms with Gasteiger partial charge in [0, 0.05) is 23.7 Å². The summed E-state index contributed by atoms with van der Waals surface area (Å²) in [6.07, 6.45) is 0. The first kappa shape index (κ1) is 20.5. The third-order valence-electron chi connectivity index (χ3n) is 5.07. The molecule has 0 aliphatic heterocycles. The molecule has 0 saturated carbocycles. The third kappa shape index (κ3) is 3.96. The average Bonchev–Trinajstić information content (AvgIpc) is 3.14. The van der Waals surface area contributed by atoms with Gasteiger partial charge in [-0.2, -0.15) is 0 Å². The molecule has 2 heterocycles. The quantitative estimate of drug-likeness (QED) is 0.529. The lowest BCUT2D eigenvalue weighted by Gasteiger charge is -2.16. The van der Waals surface area contributed by atoms with Crippen LogP contribution in [0, 0.1) is 25.5 Å². The van der Waals surface area contributed by atoms with E-state index in [0.717, 1.165) is 0 Å². The van der Waals surface area contributed by atoms with E-state index in [-0.39, 0.29) is 29.4 Å². The van der Waals surface area contributed by atoms with Crippen LogP contribution in [0.25, 0.3) is 10.8 Å². The Morgan fingerprint density at radius 2 is 1.90 bits per heavy atom. The van der Waals surface area contributed by atoms with Crippen molar-refractivity contribution in [1.82, 2.24) is 15.0 Å². The minimum absolute atomic E-state index is 0.0000422. The Bertz CT molecular complexity index is 1360. The van der Waals surface area contributed by atoms with E-state index in [2.05, 4.69) is 10.5 Å². The zero-order valence-corrected chi connectivity index (χ0v) is 16.9. The van der Waals surface area contributed by atoms with Gasteiger partial charge in [0.15, 0.2) is 5.76 Å². The zero-order valence-electron chi connectivity index (χ0n) is 16.9. The van der Waals surface area contributed by atoms with Crippen LogP contribution >= 0.6 is 0 Å². The Morgan fingerprint density at radius 3 is 2.61 bits per heavy atom. The molecule has 4 rings (SSSR count). The molecule has 31 heavy (non-hydrogen) atoms. The smallest absolute Gasteiger partial charge is 0.262 e. The number of benzene rings is 2. The van der Waals surface area contributed by atoms with E-state index in [9.17, 15) is 18.4 Å². The zero-order chi connectivity index (χ0) is 22.1. The number of hydrogen-bond acceptors (Lipinski definition) is 4. The van der Waals surface area contributed by atoms with E-state index in [0.29, 0.717) is 22.7 Å². The molecule has 6 nitrogen and oxygen atoms in total. The lowest BCUT2D eigenvalue weighted by atomic mass is 10.0. The van der Waals surface area contributed by atoms with Gasteiger partial charge in [0.25, 0.3) is 11.5 Å². The monoisotopic (exact) mass is 423 g/mol. The van der Waals surface area contributed by atoms with Crippen LogP contribution in [0.2, 0.25) is 0 Å². The van der Waals surface area contributed by atoms with Gasteiger partial charge in [0.05, 0.1) is 23.2 Å². The second-order valence-corrected chi connectivity index (χ2v) is 7.26. The van der Waals surface area contributed by atoms with Gasteiger partial charge in [-0.05, 0) is 37.6 Å². The van der Waals surface area contributed by atoms with Crippen LogP contribution in [-0.2, 0) is 13.1 Å². The van der Waals surface area contributed by atoms with Crippen molar-refractivity contribution in [3.63, 3.8) is 0 Å². The Balaban J connectivity index is 1.80. The van der Waals surface area contributed by atoms with Crippen molar-refractivity contribution >= 4 is 16.7 Å². The number of carbonyl (C=O) groups is 1. The highest BCUT2D eigenvalue weighted by Gasteiger charge is 2.22. The number of aryl methyl sites for hydroxylation is 1. The minimum atomic E-state index is -0.718. The predicted octanol–water partition coefficient (Wildman–Crippen LogP) is 3.86. The van der Waals surface area contributed by atoms with Crippen LogP contribution in [0.4, 0.5) is 8.78 Å². The van der Waals surface area contributed by atoms with Crippen molar-refractivity contribution in [3.05, 3.63) is 98.8 Å². The van der Waals surface area contributed by atoms with Crippen LogP contribution in [-0.4, -0.2) is 15.6 Å². The van der Waals surface area contributed by atoms with Crippen LogP contribution < -0.4 is 10.9 Å². The maximum Gasteiger partial charge on any atom is 0.262 e. The Kier molecular flexibility index (Phi) is 5.37. The van der Waals surface area contributed by atoms with Gasteiger partial charge < -0.3 is 14.4 Å². The van der Waals surface area contributed by atoms with E-state index in [1.165, 1.54) is 34.9 Å². The fourth-order valence-electron chi connectivity index (χ4n) is 3.61. The highest BCUT2D eigenvalue weighted by molar-refractivity contribution is 6.07. The summed E-state index contributed by atoms with van der Waals surface area (Å²) >= 11 is 0. The van der Waals surface area contributed by atoms with Gasteiger partial charge in [0.1, 0.15) is 11.6 Å². The molecule has 158 valence electrons. The first-order valence-corrected chi connectivity index (χ1v) is 9.61. The minimum Gasteiger partial charge on any atom is -0.359 e. The Labute approximate surface area is 176 Å². The van der Waals surface area contributed by atoms with Crippen LogP contribution in [0.1, 0.15) is 33.1 Å². The summed E-state index contributed by atoms with van der Waals surface area (Å²) < 4.78 is 34.5. The van der Waals surface area contributed by atoms with Gasteiger partial charge in [-0.1, -0.05) is 29.4 Å². The van der Waals surface area contributed by atoms with Crippen molar-refractivity contribution < 1.29 is 18.1 Å². The van der Waals surface area contributed by atoms with Crippen LogP contribution in [0.15, 0.2) is 57.8 Å². The molecule has 1 amide bonds. The van der Waals surface area contributed by atoms with Gasteiger partial charge in [-0.25, -0.2) is 8.78 Å². The van der Waals surface area contributed by atoms with E-state index in [4.69, 9.17) is 4.52 Å². The van der Waals surface area contributed by atoms with E-state index >= 15 is 0 Å². The van der Waals surface area contributed by atoms with E-state index in [1.807, 2.05) is 0 Å². The van der Waals surface area contributed by atoms with Gasteiger partial charge >= 0.3 is 0 Å². The lowest BCUT2D eigenvalue weighted by molar-refractivity contribution is 0.0951. The number of halogens is 2. The van der Waals surface area contributed by atoms with Crippen LogP contribution in [0.3, 0.4) is 0 Å². The molecule has 2 aromatic heterocycles. The normalized spacial score (nSPS) is 11.1. The third-order valence-corrected chi connectivity index (χ3v) is 5.07. The average molecular weight is 423 g/mol. The second-order valence-electron chi connectivity index (χ2n) is 7.26. The molecule has 8 heteroatoms. The lowest BCUT2D eigenvalue weighted by Crippen LogP contribution is -2.30. The largest absolute Gasteiger partial charge is 0.359 e. The number of aromatic nitrogens is 2. The predicted molar refractivity (Wildman–Crippen MR) is 111 cm³/mol. The number of rotatable bonds is 5. The van der Waals surface area contributed by atoms with Crippen LogP contribution in [0.5, 0.6) is 0 Å². The first-order chi connectivity index (χ1) is 14.8. The molecule has 0 radical (unpaired) electrons. The van der Waals surface area contributed by atoms with Gasteiger partial charge in [-0.15, -0.1) is 0 Å². The summed E-state index contributed by atoms with van der Waals surface area (Å²) in [5, 5.41) is 6.57. The summed E-state index contributed by atoms with van der Waals surface area (Å²) in [4.78, 5) is 26.2. The molecule has 1 N–H and O–H groups in total. The Morgan fingerprint density at radius 1 is 1.13 bits per heavy atom. The van der Waals surface area contributed by atoms with Gasteiger partial charge in [0.2, 0.25) is 0 Å². The van der Waals surface area contributed by atoms with Gasteiger partial charge in [-0.3, -0.25) is 9.59 Å². The molecular weight excluding hydrogens is 404 g/mol. The molecule has 0 aliphatic carbocycles. The number of hydrogen-bond donors (Lipinski definition) is 1. The topological polar surface area (TPSA) is 77.1 Å².